The molecule has 33 heavy (non-hydrogen) atoms. The molecule has 1 unspecified atom stereocenters. The van der Waals surface area contributed by atoms with Crippen molar-refractivity contribution in [1.29, 1.82) is 0 Å². The topological polar surface area (TPSA) is 84.2 Å². The standard InChI is InChI=1S/C24H23N3O5S/c1-14(2)12-30-17-9-8-15(10-19(17)29-3)11-21-23(28)27-24(33-21)25-22(26-27)20-13-31-16-6-4-5-7-18(16)32-20/h4-11,14,20H,12-13H2,1-3H3/b21-11+. The van der Waals surface area contributed by atoms with Crippen molar-refractivity contribution in [3.63, 3.8) is 0 Å². The average Bonchev–Trinajstić information content (AvgIpc) is 3.37. The Kier molecular flexibility index (Phi) is 5.63. The van der Waals surface area contributed by atoms with Crippen LogP contribution in [-0.2, 0) is 0 Å². The molecule has 0 radical (unpaired) electrons. The molecule has 0 bridgehead atoms. The number of hydrogen-bond acceptors (Lipinski definition) is 8. The van der Waals surface area contributed by atoms with Crippen LogP contribution in [0.4, 0.5) is 0 Å². The third-order valence-electron chi connectivity index (χ3n) is 5.05. The summed E-state index contributed by atoms with van der Waals surface area (Å²) in [6.07, 6.45) is 1.33. The number of fused-ring (bicyclic) bond motifs is 2. The maximum Gasteiger partial charge on any atom is 0.291 e. The Bertz CT molecular complexity index is 1410. The summed E-state index contributed by atoms with van der Waals surface area (Å²) in [7, 11) is 1.60. The van der Waals surface area contributed by atoms with Gasteiger partial charge in [-0.25, -0.2) is 0 Å². The van der Waals surface area contributed by atoms with Crippen LogP contribution >= 0.6 is 11.3 Å². The Morgan fingerprint density at radius 2 is 2.03 bits per heavy atom. The number of aromatic nitrogens is 3. The van der Waals surface area contributed by atoms with Crippen molar-refractivity contribution >= 4 is 22.4 Å². The smallest absolute Gasteiger partial charge is 0.291 e. The van der Waals surface area contributed by atoms with Crippen molar-refractivity contribution < 1.29 is 18.9 Å². The summed E-state index contributed by atoms with van der Waals surface area (Å²) in [6.45, 7) is 5.06. The van der Waals surface area contributed by atoms with Gasteiger partial charge in [0.05, 0.1) is 18.2 Å². The second-order valence-electron chi connectivity index (χ2n) is 8.06. The van der Waals surface area contributed by atoms with Gasteiger partial charge in [-0.1, -0.05) is 43.4 Å². The van der Waals surface area contributed by atoms with Crippen LogP contribution in [0.3, 0.4) is 0 Å². The molecule has 0 saturated carbocycles. The quantitative estimate of drug-likeness (QED) is 0.432. The van der Waals surface area contributed by atoms with Gasteiger partial charge in [0.2, 0.25) is 4.96 Å². The molecule has 2 aromatic carbocycles. The molecule has 1 atom stereocenters. The minimum absolute atomic E-state index is 0.232. The zero-order chi connectivity index (χ0) is 22.9. The minimum atomic E-state index is -0.471. The molecule has 0 amide bonds. The van der Waals surface area contributed by atoms with Crippen LogP contribution < -0.4 is 29.0 Å². The molecule has 0 saturated heterocycles. The molecule has 0 fully saturated rings. The van der Waals surface area contributed by atoms with Gasteiger partial charge in [0.25, 0.3) is 5.56 Å². The number of benzene rings is 2. The molecule has 8 nitrogen and oxygen atoms in total. The first-order valence-electron chi connectivity index (χ1n) is 10.6. The molecule has 2 aromatic heterocycles. The van der Waals surface area contributed by atoms with Crippen LogP contribution in [0.1, 0.15) is 31.3 Å². The lowest BCUT2D eigenvalue weighted by molar-refractivity contribution is 0.0852. The molecular formula is C24H23N3O5S. The van der Waals surface area contributed by atoms with Gasteiger partial charge in [-0.05, 0) is 41.8 Å². The fourth-order valence-corrected chi connectivity index (χ4v) is 4.35. The number of ether oxygens (including phenoxy) is 4. The number of hydrogen-bond donors (Lipinski definition) is 0. The van der Waals surface area contributed by atoms with E-state index in [0.717, 1.165) is 5.56 Å². The second kappa shape index (κ2) is 8.74. The molecule has 3 heterocycles. The monoisotopic (exact) mass is 465 g/mol. The summed E-state index contributed by atoms with van der Waals surface area (Å²) in [5, 5.41) is 4.39. The van der Waals surface area contributed by atoms with Crippen LogP contribution in [0.2, 0.25) is 0 Å². The molecule has 0 N–H and O–H groups in total. The van der Waals surface area contributed by atoms with Gasteiger partial charge in [0.15, 0.2) is 34.9 Å². The average molecular weight is 466 g/mol. The Labute approximate surface area is 194 Å². The first kappa shape index (κ1) is 21.3. The number of thiazole rings is 1. The van der Waals surface area contributed by atoms with Gasteiger partial charge in [0.1, 0.15) is 6.61 Å². The van der Waals surface area contributed by atoms with E-state index in [4.69, 9.17) is 18.9 Å². The van der Waals surface area contributed by atoms with E-state index in [9.17, 15) is 4.79 Å². The van der Waals surface area contributed by atoms with E-state index in [1.807, 2.05) is 42.5 Å². The van der Waals surface area contributed by atoms with Gasteiger partial charge in [-0.2, -0.15) is 9.50 Å². The summed E-state index contributed by atoms with van der Waals surface area (Å²) >= 11 is 1.27. The van der Waals surface area contributed by atoms with E-state index in [1.165, 1.54) is 15.9 Å². The fraction of sp³-hybridized carbons (Fsp3) is 0.292. The van der Waals surface area contributed by atoms with Gasteiger partial charge >= 0.3 is 0 Å². The SMILES string of the molecule is COc1cc(/C=c2/sc3nc(C4COc5ccccc5O4)nn3c2=O)ccc1OCC(C)C. The normalized spacial score (nSPS) is 15.9. The maximum absolute atomic E-state index is 12.9. The van der Waals surface area contributed by atoms with E-state index in [-0.39, 0.29) is 12.2 Å². The van der Waals surface area contributed by atoms with Crippen LogP contribution in [0, 0.1) is 5.92 Å². The molecule has 170 valence electrons. The third kappa shape index (κ3) is 4.23. The first-order chi connectivity index (χ1) is 16.0. The third-order valence-corrected chi connectivity index (χ3v) is 6.01. The molecule has 5 rings (SSSR count). The van der Waals surface area contributed by atoms with E-state index in [0.29, 0.717) is 50.8 Å². The molecule has 4 aromatic rings. The molecule has 9 heteroatoms. The highest BCUT2D eigenvalue weighted by atomic mass is 32.1. The van der Waals surface area contributed by atoms with Gasteiger partial charge in [-0.15, -0.1) is 5.10 Å². The van der Waals surface area contributed by atoms with E-state index in [2.05, 4.69) is 23.9 Å². The first-order valence-corrected chi connectivity index (χ1v) is 11.4. The lowest BCUT2D eigenvalue weighted by Gasteiger charge is -2.24. The van der Waals surface area contributed by atoms with Crippen LogP contribution in [0.25, 0.3) is 11.0 Å². The van der Waals surface area contributed by atoms with Crippen molar-refractivity contribution in [3.05, 3.63) is 68.7 Å². The Morgan fingerprint density at radius 3 is 2.79 bits per heavy atom. The predicted octanol–water partition coefficient (Wildman–Crippen LogP) is 3.25. The van der Waals surface area contributed by atoms with E-state index in [1.54, 1.807) is 13.2 Å². The summed E-state index contributed by atoms with van der Waals surface area (Å²) in [5.74, 6) is 3.45. The van der Waals surface area contributed by atoms with Crippen LogP contribution in [0.15, 0.2) is 47.3 Å². The molecule has 1 aliphatic heterocycles. The summed E-state index contributed by atoms with van der Waals surface area (Å²) in [4.78, 5) is 18.0. The van der Waals surface area contributed by atoms with Gasteiger partial charge in [-0.3, -0.25) is 4.79 Å². The lowest BCUT2D eigenvalue weighted by atomic mass is 10.2. The number of rotatable bonds is 6. The minimum Gasteiger partial charge on any atom is -0.493 e. The number of para-hydroxylation sites is 2. The Hall–Kier alpha value is -3.59. The van der Waals surface area contributed by atoms with Crippen LogP contribution in [0.5, 0.6) is 23.0 Å². The van der Waals surface area contributed by atoms with Crippen molar-refractivity contribution in [2.45, 2.75) is 20.0 Å². The van der Waals surface area contributed by atoms with Crippen molar-refractivity contribution in [2.75, 3.05) is 20.3 Å². The highest BCUT2D eigenvalue weighted by Crippen LogP contribution is 2.35. The highest BCUT2D eigenvalue weighted by Gasteiger charge is 2.27. The second-order valence-corrected chi connectivity index (χ2v) is 9.07. The number of methoxy groups -OCH3 is 1. The molecule has 0 spiro atoms. The van der Waals surface area contributed by atoms with Crippen LogP contribution in [-0.4, -0.2) is 34.9 Å². The van der Waals surface area contributed by atoms with Gasteiger partial charge in [0, 0.05) is 0 Å². The predicted molar refractivity (Wildman–Crippen MR) is 125 cm³/mol. The highest BCUT2D eigenvalue weighted by molar-refractivity contribution is 7.15. The summed E-state index contributed by atoms with van der Waals surface area (Å²) < 4.78 is 24.8. The van der Waals surface area contributed by atoms with E-state index < -0.39 is 6.10 Å². The van der Waals surface area contributed by atoms with Gasteiger partial charge < -0.3 is 18.9 Å². The summed E-state index contributed by atoms with van der Waals surface area (Å²) in [5.41, 5.74) is 0.594. The largest absolute Gasteiger partial charge is 0.493 e. The lowest BCUT2D eigenvalue weighted by Crippen LogP contribution is -2.26. The molecular weight excluding hydrogens is 442 g/mol. The number of nitrogens with zero attached hydrogens (tertiary/aromatic N) is 3. The van der Waals surface area contributed by atoms with Crippen molar-refractivity contribution in [2.24, 2.45) is 5.92 Å². The fourth-order valence-electron chi connectivity index (χ4n) is 3.43. The van der Waals surface area contributed by atoms with Crippen molar-refractivity contribution in [3.8, 4) is 23.0 Å². The van der Waals surface area contributed by atoms with Crippen molar-refractivity contribution in [1.82, 2.24) is 14.6 Å². The Balaban J connectivity index is 1.42. The molecule has 0 aliphatic carbocycles. The molecule has 1 aliphatic rings. The Morgan fingerprint density at radius 1 is 1.21 bits per heavy atom. The van der Waals surface area contributed by atoms with E-state index >= 15 is 0 Å². The summed E-state index contributed by atoms with van der Waals surface area (Å²) in [6, 6.07) is 13.0. The maximum atomic E-state index is 12.9. The zero-order valence-corrected chi connectivity index (χ0v) is 19.3. The zero-order valence-electron chi connectivity index (χ0n) is 18.5.